The Kier molecular flexibility index (Phi) is 4.19. The van der Waals surface area contributed by atoms with Gasteiger partial charge >= 0.3 is 0 Å². The summed E-state index contributed by atoms with van der Waals surface area (Å²) < 4.78 is 109. The molecule has 154 valence electrons. The number of carbonyl (C=O) groups is 2. The zero-order valence-electron chi connectivity index (χ0n) is 14.0. The Morgan fingerprint density at radius 1 is 0.500 bits per heavy atom. The van der Waals surface area contributed by atoms with Gasteiger partial charge in [0.25, 0.3) is 11.8 Å². The van der Waals surface area contributed by atoms with E-state index in [0.717, 1.165) is 0 Å². The van der Waals surface area contributed by atoms with E-state index in [1.165, 1.54) is 0 Å². The molecule has 0 atom stereocenters. The topological polar surface area (TPSA) is 58.2 Å². The van der Waals surface area contributed by atoms with Crippen molar-refractivity contribution in [3.63, 3.8) is 0 Å². The van der Waals surface area contributed by atoms with E-state index in [0.29, 0.717) is 0 Å². The Hall–Kier alpha value is -3.70. The number of halogens is 8. The van der Waals surface area contributed by atoms with Crippen molar-refractivity contribution >= 4 is 23.2 Å². The fourth-order valence-corrected chi connectivity index (χ4v) is 3.09. The van der Waals surface area contributed by atoms with Crippen LogP contribution in [0.2, 0.25) is 0 Å². The molecule has 0 saturated heterocycles. The number of hydrogen-bond acceptors (Lipinski definition) is 2. The van der Waals surface area contributed by atoms with Crippen molar-refractivity contribution in [1.29, 1.82) is 0 Å². The van der Waals surface area contributed by atoms with Gasteiger partial charge in [0.05, 0.1) is 22.5 Å². The molecule has 0 fully saturated rings. The van der Waals surface area contributed by atoms with Crippen molar-refractivity contribution < 1.29 is 44.7 Å². The molecule has 0 aliphatic carbocycles. The highest BCUT2D eigenvalue weighted by Crippen LogP contribution is 2.39. The maximum absolute atomic E-state index is 14.1. The van der Waals surface area contributed by atoms with E-state index < -0.39 is 92.0 Å². The maximum atomic E-state index is 14.1. The molecule has 2 amide bonds. The van der Waals surface area contributed by atoms with Gasteiger partial charge < -0.3 is 10.6 Å². The van der Waals surface area contributed by atoms with Gasteiger partial charge in [0.1, 0.15) is 0 Å². The van der Waals surface area contributed by atoms with Gasteiger partial charge in [0.15, 0.2) is 46.5 Å². The number of nitrogens with one attached hydrogen (secondary N) is 2. The van der Waals surface area contributed by atoms with Crippen molar-refractivity contribution in [2.24, 2.45) is 0 Å². The second kappa shape index (κ2) is 6.40. The molecule has 2 heterocycles. The van der Waals surface area contributed by atoms with Crippen LogP contribution >= 0.6 is 0 Å². The molecule has 2 aromatic carbocycles. The van der Waals surface area contributed by atoms with Crippen LogP contribution in [0.5, 0.6) is 0 Å². The van der Waals surface area contributed by atoms with Gasteiger partial charge in [-0.2, -0.15) is 0 Å². The SMILES string of the molecule is O=C1NC(c2cc(F)c(F)c(F)c2F)=C2C(=O)NC(c3cc(F)c(F)c(F)c3F)=C12. The van der Waals surface area contributed by atoms with Crippen LogP contribution in [0.15, 0.2) is 23.3 Å². The van der Waals surface area contributed by atoms with Crippen molar-refractivity contribution in [3.8, 4) is 0 Å². The third-order valence-electron chi connectivity index (χ3n) is 4.43. The average Bonchev–Trinajstić information content (AvgIpc) is 3.22. The molecule has 0 spiro atoms. The summed E-state index contributed by atoms with van der Waals surface area (Å²) in [6, 6.07) is 0.338. The number of fused-ring (bicyclic) bond motifs is 1. The highest BCUT2D eigenvalue weighted by Gasteiger charge is 2.43. The molecule has 2 aliphatic rings. The summed E-state index contributed by atoms with van der Waals surface area (Å²) in [6.07, 6.45) is 0. The second-order valence-corrected chi connectivity index (χ2v) is 6.10. The predicted octanol–water partition coefficient (Wildman–Crippen LogP) is 3.18. The summed E-state index contributed by atoms with van der Waals surface area (Å²) in [7, 11) is 0. The summed E-state index contributed by atoms with van der Waals surface area (Å²) in [5.74, 6) is -18.8. The summed E-state index contributed by atoms with van der Waals surface area (Å²) in [5.41, 5.74) is -5.16. The van der Waals surface area contributed by atoms with Gasteiger partial charge in [-0.05, 0) is 12.1 Å². The number of hydrogen-bond donors (Lipinski definition) is 2. The number of carbonyl (C=O) groups excluding carboxylic acids is 2. The molecule has 0 radical (unpaired) electrons. The standard InChI is InChI=1S/C18H4F8N2O2/c19-5-1-3(9(21)13(25)11(5)23)15-7-8(18(30)27-15)16(28-17(7)29)4-2-6(20)12(24)14(26)10(4)22/h1-2H,(H,27,30)(H,28,29). The lowest BCUT2D eigenvalue weighted by atomic mass is 10.0. The lowest BCUT2D eigenvalue weighted by Crippen LogP contribution is -2.23. The molecule has 0 unspecified atom stereocenters. The van der Waals surface area contributed by atoms with E-state index in [1.54, 1.807) is 0 Å². The summed E-state index contributed by atoms with van der Waals surface area (Å²) >= 11 is 0. The Bertz CT molecular complexity index is 1170. The Morgan fingerprint density at radius 3 is 1.17 bits per heavy atom. The Morgan fingerprint density at radius 2 is 0.833 bits per heavy atom. The lowest BCUT2D eigenvalue weighted by molar-refractivity contribution is -0.117. The molecule has 0 aromatic heterocycles. The van der Waals surface area contributed by atoms with Crippen molar-refractivity contribution in [3.05, 3.63) is 80.9 Å². The molecule has 0 bridgehead atoms. The monoisotopic (exact) mass is 432 g/mol. The highest BCUT2D eigenvalue weighted by atomic mass is 19.2. The normalized spacial score (nSPS) is 15.7. The van der Waals surface area contributed by atoms with Gasteiger partial charge in [0.2, 0.25) is 0 Å². The first kappa shape index (κ1) is 19.6. The first-order chi connectivity index (χ1) is 14.0. The molecule has 30 heavy (non-hydrogen) atoms. The minimum Gasteiger partial charge on any atom is -0.320 e. The number of benzene rings is 2. The molecule has 0 saturated carbocycles. The minimum atomic E-state index is -2.22. The minimum absolute atomic E-state index is 0.169. The van der Waals surface area contributed by atoms with Crippen LogP contribution in [-0.2, 0) is 9.59 Å². The smallest absolute Gasteiger partial charge is 0.258 e. The molecule has 2 N–H and O–H groups in total. The highest BCUT2D eigenvalue weighted by molar-refractivity contribution is 6.30. The van der Waals surface area contributed by atoms with Crippen LogP contribution < -0.4 is 10.6 Å². The van der Waals surface area contributed by atoms with Gasteiger partial charge in [-0.25, -0.2) is 35.1 Å². The number of amides is 2. The third kappa shape index (κ3) is 2.52. The molecular weight excluding hydrogens is 428 g/mol. The Balaban J connectivity index is 2.00. The molecular formula is C18H4F8N2O2. The molecule has 4 nitrogen and oxygen atoms in total. The van der Waals surface area contributed by atoms with Crippen molar-refractivity contribution in [2.75, 3.05) is 0 Å². The van der Waals surface area contributed by atoms with E-state index in [2.05, 4.69) is 0 Å². The van der Waals surface area contributed by atoms with Gasteiger partial charge in [-0.1, -0.05) is 0 Å². The molecule has 12 heteroatoms. The summed E-state index contributed by atoms with van der Waals surface area (Å²) in [4.78, 5) is 24.6. The van der Waals surface area contributed by atoms with E-state index in [4.69, 9.17) is 0 Å². The zero-order valence-corrected chi connectivity index (χ0v) is 14.0. The van der Waals surface area contributed by atoms with Gasteiger partial charge in [0, 0.05) is 11.1 Å². The largest absolute Gasteiger partial charge is 0.320 e. The quantitative estimate of drug-likeness (QED) is 0.435. The van der Waals surface area contributed by atoms with Crippen LogP contribution in [0.1, 0.15) is 11.1 Å². The first-order valence-electron chi connectivity index (χ1n) is 7.82. The van der Waals surface area contributed by atoms with E-state index in [9.17, 15) is 44.7 Å². The second-order valence-electron chi connectivity index (χ2n) is 6.10. The summed E-state index contributed by atoms with van der Waals surface area (Å²) in [6.45, 7) is 0. The zero-order chi connectivity index (χ0) is 22.1. The summed E-state index contributed by atoms with van der Waals surface area (Å²) in [5, 5.41) is 3.84. The third-order valence-corrected chi connectivity index (χ3v) is 4.43. The van der Waals surface area contributed by atoms with Crippen LogP contribution in [0.25, 0.3) is 11.4 Å². The number of rotatable bonds is 2. The lowest BCUT2D eigenvalue weighted by Gasteiger charge is -2.10. The van der Waals surface area contributed by atoms with Crippen LogP contribution in [0.4, 0.5) is 35.1 Å². The van der Waals surface area contributed by atoms with Gasteiger partial charge in [-0.15, -0.1) is 0 Å². The van der Waals surface area contributed by atoms with Crippen LogP contribution in [0, 0.1) is 46.5 Å². The molecule has 2 aliphatic heterocycles. The fraction of sp³-hybridized carbons (Fsp3) is 0. The van der Waals surface area contributed by atoms with Crippen LogP contribution in [0.3, 0.4) is 0 Å². The maximum Gasteiger partial charge on any atom is 0.258 e. The van der Waals surface area contributed by atoms with Gasteiger partial charge in [-0.3, -0.25) is 9.59 Å². The van der Waals surface area contributed by atoms with Crippen molar-refractivity contribution in [2.45, 2.75) is 0 Å². The average molecular weight is 432 g/mol. The molecule has 2 aromatic rings. The first-order valence-corrected chi connectivity index (χ1v) is 7.82. The predicted molar refractivity (Wildman–Crippen MR) is 82.7 cm³/mol. The molecule has 4 rings (SSSR count). The van der Waals surface area contributed by atoms with E-state index in [-0.39, 0.29) is 12.1 Å². The van der Waals surface area contributed by atoms with Crippen LogP contribution in [-0.4, -0.2) is 11.8 Å². The van der Waals surface area contributed by atoms with E-state index in [1.807, 2.05) is 10.6 Å². The van der Waals surface area contributed by atoms with E-state index >= 15 is 0 Å². The van der Waals surface area contributed by atoms with Crippen molar-refractivity contribution in [1.82, 2.24) is 10.6 Å². The Labute approximate surface area is 160 Å². The fourth-order valence-electron chi connectivity index (χ4n) is 3.09.